The van der Waals surface area contributed by atoms with Crippen molar-refractivity contribution in [2.45, 2.75) is 0 Å². The summed E-state index contributed by atoms with van der Waals surface area (Å²) in [6.45, 7) is 0. The molecule has 0 saturated carbocycles. The minimum Gasteiger partial charge on any atom is -0.310 e. The number of rotatable bonds is 5. The van der Waals surface area contributed by atoms with E-state index in [0.29, 0.717) is 0 Å². The van der Waals surface area contributed by atoms with Crippen molar-refractivity contribution < 1.29 is 0 Å². The fourth-order valence-electron chi connectivity index (χ4n) is 7.79. The van der Waals surface area contributed by atoms with E-state index in [1.807, 2.05) is 0 Å². The molecule has 0 aliphatic rings. The lowest BCUT2D eigenvalue weighted by molar-refractivity contribution is 1.18. The molecule has 0 fully saturated rings. The lowest BCUT2D eigenvalue weighted by atomic mass is 9.95. The maximum atomic E-state index is 2.44. The van der Waals surface area contributed by atoms with Crippen LogP contribution >= 0.6 is 0 Å². The molecular weight excluding hydrogens is 605 g/mol. The number of benzene rings is 9. The summed E-state index contributed by atoms with van der Waals surface area (Å²) in [7, 11) is 0. The van der Waals surface area contributed by atoms with E-state index >= 15 is 0 Å². The van der Waals surface area contributed by atoms with E-state index in [-0.39, 0.29) is 0 Å². The third-order valence-electron chi connectivity index (χ3n) is 10.1. The molecule has 9 aromatic carbocycles. The lowest BCUT2D eigenvalue weighted by Crippen LogP contribution is -2.11. The number of fused-ring (bicyclic) bond motifs is 6. The van der Waals surface area contributed by atoms with Gasteiger partial charge in [0, 0.05) is 33.2 Å². The fraction of sp³-hybridized carbons (Fsp3) is 0. The molecule has 2 heteroatoms. The van der Waals surface area contributed by atoms with E-state index in [1.165, 1.54) is 65.3 Å². The summed E-state index contributed by atoms with van der Waals surface area (Å²) in [6, 6.07) is 70.6. The van der Waals surface area contributed by atoms with Crippen molar-refractivity contribution in [3.8, 4) is 16.8 Å². The molecule has 0 saturated heterocycles. The van der Waals surface area contributed by atoms with Crippen LogP contribution in [0.3, 0.4) is 0 Å². The van der Waals surface area contributed by atoms with Gasteiger partial charge in [0.2, 0.25) is 0 Å². The maximum absolute atomic E-state index is 2.44. The molecule has 50 heavy (non-hydrogen) atoms. The molecule has 10 aromatic rings. The standard InChI is InChI=1S/C48H32N2/c1-2-16-38(17-3-1)50-47-22-9-8-18-44(47)45-29-28-40(32-48(45)50)49(39-27-26-34-13-5-7-15-36(34)31-39)46-23-11-20-42-41(19-10-21-43(42)46)37-25-24-33-12-4-6-14-35(33)30-37/h1-32H. The Bertz CT molecular complexity index is 2880. The number of hydrogen-bond donors (Lipinski definition) is 0. The summed E-state index contributed by atoms with van der Waals surface area (Å²) in [4.78, 5) is 2.44. The number of anilines is 3. The Kier molecular flexibility index (Phi) is 6.53. The molecule has 234 valence electrons. The fourth-order valence-corrected chi connectivity index (χ4v) is 7.79. The first-order valence-corrected chi connectivity index (χ1v) is 17.2. The zero-order valence-electron chi connectivity index (χ0n) is 27.4. The molecule has 0 radical (unpaired) electrons. The quantitative estimate of drug-likeness (QED) is 0.182. The van der Waals surface area contributed by atoms with E-state index in [4.69, 9.17) is 0 Å². The van der Waals surface area contributed by atoms with E-state index < -0.39 is 0 Å². The Morgan fingerprint density at radius 1 is 0.340 bits per heavy atom. The van der Waals surface area contributed by atoms with Crippen molar-refractivity contribution in [3.05, 3.63) is 194 Å². The van der Waals surface area contributed by atoms with Crippen LogP contribution in [0, 0.1) is 0 Å². The molecule has 2 nitrogen and oxygen atoms in total. The van der Waals surface area contributed by atoms with Gasteiger partial charge in [-0.1, -0.05) is 140 Å². The van der Waals surface area contributed by atoms with Crippen LogP contribution in [0.25, 0.3) is 70.9 Å². The second-order valence-electron chi connectivity index (χ2n) is 13.0. The van der Waals surface area contributed by atoms with E-state index in [1.54, 1.807) is 0 Å². The molecule has 0 atom stereocenters. The molecule has 0 spiro atoms. The average molecular weight is 637 g/mol. The van der Waals surface area contributed by atoms with Crippen molar-refractivity contribution in [1.82, 2.24) is 4.57 Å². The zero-order chi connectivity index (χ0) is 33.0. The van der Waals surface area contributed by atoms with Gasteiger partial charge >= 0.3 is 0 Å². The molecule has 1 heterocycles. The van der Waals surface area contributed by atoms with Crippen molar-refractivity contribution >= 4 is 71.2 Å². The SMILES string of the molecule is c1ccc(-n2c3ccccc3c3ccc(N(c4ccc5ccccc5c4)c4cccc5c(-c6ccc7ccccc7c6)cccc45)cc32)cc1. The van der Waals surface area contributed by atoms with Crippen LogP contribution < -0.4 is 4.90 Å². The third kappa shape index (κ3) is 4.57. The second-order valence-corrected chi connectivity index (χ2v) is 13.0. The number of aromatic nitrogens is 1. The summed E-state index contributed by atoms with van der Waals surface area (Å²) >= 11 is 0. The van der Waals surface area contributed by atoms with Gasteiger partial charge in [-0.05, 0) is 92.7 Å². The average Bonchev–Trinajstić information content (AvgIpc) is 3.51. The summed E-state index contributed by atoms with van der Waals surface area (Å²) in [5, 5.41) is 9.86. The molecule has 10 rings (SSSR count). The minimum absolute atomic E-state index is 1.11. The van der Waals surface area contributed by atoms with Crippen LogP contribution in [0.4, 0.5) is 17.1 Å². The van der Waals surface area contributed by atoms with Gasteiger partial charge in [0.15, 0.2) is 0 Å². The Balaban J connectivity index is 1.24. The van der Waals surface area contributed by atoms with Crippen molar-refractivity contribution in [1.29, 1.82) is 0 Å². The van der Waals surface area contributed by atoms with E-state index in [2.05, 4.69) is 204 Å². The van der Waals surface area contributed by atoms with Gasteiger partial charge in [-0.25, -0.2) is 0 Å². The molecular formula is C48H32N2. The monoisotopic (exact) mass is 636 g/mol. The highest BCUT2D eigenvalue weighted by Gasteiger charge is 2.20. The largest absolute Gasteiger partial charge is 0.310 e. The highest BCUT2D eigenvalue weighted by molar-refractivity contribution is 6.12. The summed E-state index contributed by atoms with van der Waals surface area (Å²) in [5.41, 5.74) is 9.35. The topological polar surface area (TPSA) is 8.17 Å². The van der Waals surface area contributed by atoms with Gasteiger partial charge in [-0.15, -0.1) is 0 Å². The van der Waals surface area contributed by atoms with Crippen molar-refractivity contribution in [2.24, 2.45) is 0 Å². The maximum Gasteiger partial charge on any atom is 0.0561 e. The first-order valence-electron chi connectivity index (χ1n) is 17.2. The number of nitrogens with zero attached hydrogens (tertiary/aromatic N) is 2. The first-order chi connectivity index (χ1) is 24.8. The summed E-state index contributed by atoms with van der Waals surface area (Å²) < 4.78 is 2.40. The van der Waals surface area contributed by atoms with Crippen LogP contribution in [0.1, 0.15) is 0 Å². The van der Waals surface area contributed by atoms with Crippen LogP contribution in [0.5, 0.6) is 0 Å². The molecule has 0 N–H and O–H groups in total. The summed E-state index contributed by atoms with van der Waals surface area (Å²) in [5.74, 6) is 0. The van der Waals surface area contributed by atoms with Crippen LogP contribution in [-0.2, 0) is 0 Å². The van der Waals surface area contributed by atoms with Gasteiger partial charge in [-0.2, -0.15) is 0 Å². The van der Waals surface area contributed by atoms with Crippen LogP contribution in [0.2, 0.25) is 0 Å². The minimum atomic E-state index is 1.11. The van der Waals surface area contributed by atoms with Crippen LogP contribution in [0.15, 0.2) is 194 Å². The lowest BCUT2D eigenvalue weighted by Gasteiger charge is -2.28. The molecule has 0 unspecified atom stereocenters. The third-order valence-corrected chi connectivity index (χ3v) is 10.1. The summed E-state index contributed by atoms with van der Waals surface area (Å²) in [6.07, 6.45) is 0. The Labute approximate surface area is 290 Å². The van der Waals surface area contributed by atoms with Crippen molar-refractivity contribution in [2.75, 3.05) is 4.90 Å². The zero-order valence-corrected chi connectivity index (χ0v) is 27.4. The Morgan fingerprint density at radius 3 is 1.78 bits per heavy atom. The van der Waals surface area contributed by atoms with E-state index in [0.717, 1.165) is 22.7 Å². The predicted molar refractivity (Wildman–Crippen MR) is 213 cm³/mol. The highest BCUT2D eigenvalue weighted by Crippen LogP contribution is 2.44. The molecule has 0 aliphatic heterocycles. The van der Waals surface area contributed by atoms with Crippen LogP contribution in [-0.4, -0.2) is 4.57 Å². The van der Waals surface area contributed by atoms with Gasteiger partial charge in [0.25, 0.3) is 0 Å². The molecule has 0 aliphatic carbocycles. The molecule has 0 amide bonds. The van der Waals surface area contributed by atoms with Gasteiger partial charge in [-0.3, -0.25) is 0 Å². The predicted octanol–water partition coefficient (Wildman–Crippen LogP) is 13.4. The normalized spacial score (nSPS) is 11.6. The number of para-hydroxylation sites is 2. The van der Waals surface area contributed by atoms with Gasteiger partial charge < -0.3 is 9.47 Å². The Morgan fingerprint density at radius 2 is 0.940 bits per heavy atom. The second kappa shape index (κ2) is 11.5. The van der Waals surface area contributed by atoms with Gasteiger partial charge in [0.05, 0.1) is 16.7 Å². The highest BCUT2D eigenvalue weighted by atomic mass is 15.1. The molecule has 1 aromatic heterocycles. The van der Waals surface area contributed by atoms with E-state index in [9.17, 15) is 0 Å². The smallest absolute Gasteiger partial charge is 0.0561 e. The molecule has 0 bridgehead atoms. The first kappa shape index (κ1) is 28.4. The Hall–Kier alpha value is -6.64. The van der Waals surface area contributed by atoms with Gasteiger partial charge in [0.1, 0.15) is 0 Å². The number of hydrogen-bond acceptors (Lipinski definition) is 1. The van der Waals surface area contributed by atoms with Crippen molar-refractivity contribution in [3.63, 3.8) is 0 Å².